The Labute approximate surface area is 267 Å². The first-order valence-corrected chi connectivity index (χ1v) is 16.5. The van der Waals surface area contributed by atoms with E-state index < -0.39 is 34.1 Å². The predicted molar refractivity (Wildman–Crippen MR) is 160 cm³/mol. The second kappa shape index (κ2) is 14.5. The summed E-state index contributed by atoms with van der Waals surface area (Å²) < 4.78 is 70.6. The number of nitrogens with one attached hydrogen (secondary N) is 1. The molecule has 1 saturated carbocycles. The first kappa shape index (κ1) is 34.0. The van der Waals surface area contributed by atoms with Gasteiger partial charge in [-0.3, -0.25) is 0 Å². The van der Waals surface area contributed by atoms with Crippen LogP contribution in [0.15, 0.2) is 59.8 Å². The van der Waals surface area contributed by atoms with Gasteiger partial charge >= 0.3 is 12.6 Å². The lowest BCUT2D eigenvalue weighted by molar-refractivity contribution is -0.377. The van der Waals surface area contributed by atoms with Crippen LogP contribution in [0.25, 0.3) is 0 Å². The summed E-state index contributed by atoms with van der Waals surface area (Å²) in [7, 11) is -4.05. The smallest absolute Gasteiger partial charge is 0.387 e. The second-order valence-electron chi connectivity index (χ2n) is 10.0. The maximum absolute atomic E-state index is 13.7. The normalized spacial score (nSPS) is 17.6. The van der Waals surface area contributed by atoms with Crippen LogP contribution in [0.2, 0.25) is 10.0 Å². The molecule has 1 saturated heterocycles. The van der Waals surface area contributed by atoms with Gasteiger partial charge in [-0.25, -0.2) is 18.2 Å². The number of pyridine rings is 1. The van der Waals surface area contributed by atoms with Crippen molar-refractivity contribution in [3.05, 3.63) is 76.0 Å². The van der Waals surface area contributed by atoms with Crippen molar-refractivity contribution in [1.29, 1.82) is 0 Å². The lowest BCUT2D eigenvalue weighted by atomic mass is 10.0. The number of ether oxygens (including phenoxy) is 3. The number of carbonyl (C=O) groups excluding carboxylic acids is 1. The van der Waals surface area contributed by atoms with Gasteiger partial charge in [0.1, 0.15) is 16.1 Å². The van der Waals surface area contributed by atoms with Crippen molar-refractivity contribution in [3.8, 4) is 11.5 Å². The molecule has 2 fully saturated rings. The summed E-state index contributed by atoms with van der Waals surface area (Å²) in [6, 6.07) is 9.95. The summed E-state index contributed by atoms with van der Waals surface area (Å²) in [5.41, 5.74) is 6.95. The Balaban J connectivity index is 0.00000442. The number of nitrogens with zero attached hydrogens (tertiary/aromatic N) is 1. The van der Waals surface area contributed by atoms with Gasteiger partial charge in [-0.05, 0) is 60.7 Å². The second-order valence-corrected chi connectivity index (χ2v) is 13.9. The van der Waals surface area contributed by atoms with E-state index in [4.69, 9.17) is 38.4 Å². The number of H-pyrrole nitrogens is 1. The minimum atomic E-state index is -4.05. The van der Waals surface area contributed by atoms with Gasteiger partial charge in [-0.1, -0.05) is 29.3 Å². The molecule has 0 radical (unpaired) electrons. The number of anilines is 1. The number of benzene rings is 2. The van der Waals surface area contributed by atoms with Crippen molar-refractivity contribution in [2.24, 2.45) is 5.92 Å². The Morgan fingerprint density at radius 1 is 1.09 bits per heavy atom. The van der Waals surface area contributed by atoms with E-state index in [1.54, 1.807) is 0 Å². The van der Waals surface area contributed by atoms with Crippen LogP contribution >= 0.6 is 35.0 Å². The van der Waals surface area contributed by atoms with Crippen LogP contribution in [0.4, 0.5) is 14.5 Å². The first-order chi connectivity index (χ1) is 20.5. The highest BCUT2D eigenvalue weighted by Crippen LogP contribution is 2.39. The van der Waals surface area contributed by atoms with E-state index in [-0.39, 0.29) is 44.9 Å². The van der Waals surface area contributed by atoms with Crippen LogP contribution in [0.3, 0.4) is 0 Å². The highest BCUT2D eigenvalue weighted by atomic mass is 35.5. The molecule has 2 atom stereocenters. The molecule has 0 amide bonds. The molecule has 2 heterocycles. The van der Waals surface area contributed by atoms with Gasteiger partial charge in [0.2, 0.25) is 10.0 Å². The number of nitrogens with two attached hydrogens (primary N) is 1. The number of hydrogen-bond donors (Lipinski definition) is 1. The van der Waals surface area contributed by atoms with Crippen molar-refractivity contribution in [2.45, 2.75) is 42.2 Å². The Hall–Kier alpha value is -2.88. The quantitative estimate of drug-likeness (QED) is 0.200. The Bertz CT molecular complexity index is 1560. The molecule has 3 aromatic rings. The number of hydrogen-bond acceptors (Lipinski definition) is 9. The average Bonchev–Trinajstić information content (AvgIpc) is 3.65. The Morgan fingerprint density at radius 3 is 2.41 bits per heavy atom. The fraction of sp³-hybridized carbons (Fsp3) is 0.357. The average molecular weight is 693 g/mol. The third-order valence-electron chi connectivity index (χ3n) is 6.91. The molecule has 44 heavy (non-hydrogen) atoms. The number of carbonyl (C=O) groups is 1. The molecule has 2 aliphatic rings. The summed E-state index contributed by atoms with van der Waals surface area (Å²) in [4.78, 5) is 16.5. The SMILES string of the molecule is Nc1ccc(S(=O)(=O)N2CCS[C@H]2C(=O)O[C@@H](Cc2c(Cl)c[nH+]cc2Cl)c2ccc(OC(F)F)c(OCC3CC3)c2)cc1.[OH-]. The number of esters is 1. The Kier molecular flexibility index (Phi) is 11.2. The highest BCUT2D eigenvalue weighted by Gasteiger charge is 2.42. The lowest BCUT2D eigenvalue weighted by Gasteiger charge is -2.26. The fourth-order valence-corrected chi connectivity index (χ4v) is 8.05. The molecule has 0 unspecified atom stereocenters. The van der Waals surface area contributed by atoms with Crippen LogP contribution in [-0.2, 0) is 26.0 Å². The van der Waals surface area contributed by atoms with Crippen LogP contribution in [-0.4, -0.2) is 55.1 Å². The molecule has 16 heteroatoms. The molecule has 1 aliphatic heterocycles. The van der Waals surface area contributed by atoms with E-state index in [1.165, 1.54) is 54.9 Å². The van der Waals surface area contributed by atoms with Crippen LogP contribution in [0.1, 0.15) is 30.1 Å². The van der Waals surface area contributed by atoms with E-state index in [9.17, 15) is 22.0 Å². The summed E-state index contributed by atoms with van der Waals surface area (Å²) >= 11 is 13.9. The highest BCUT2D eigenvalue weighted by molar-refractivity contribution is 8.02. The fourth-order valence-electron chi connectivity index (χ4n) is 4.47. The van der Waals surface area contributed by atoms with E-state index >= 15 is 0 Å². The van der Waals surface area contributed by atoms with Crippen LogP contribution in [0.5, 0.6) is 11.5 Å². The number of nitrogen functional groups attached to an aromatic ring is 1. The number of aromatic nitrogens is 1. The van der Waals surface area contributed by atoms with Gasteiger partial charge in [0.05, 0.1) is 11.5 Å². The van der Waals surface area contributed by atoms with E-state index in [0.717, 1.165) is 28.9 Å². The van der Waals surface area contributed by atoms with Crippen molar-refractivity contribution in [2.75, 3.05) is 24.6 Å². The standard InChI is InChI=1S/C28H27Cl2F2N3O6S2.H2O/c29-21-13-34-14-22(30)20(21)12-24(17-3-8-23(41-28(31)32)25(11-17)39-15-16-1-2-16)40-27(36)26-35(9-10-42-26)43(37,38)19-6-4-18(33)5-7-19;/h3-8,11,13-14,16,24,26,28H,1-2,9-10,12,15,33H2;1H2/t24-,26-;/m0./s1. The molecule has 1 aliphatic carbocycles. The molecule has 0 spiro atoms. The summed E-state index contributed by atoms with van der Waals surface area (Å²) in [5, 5.41) is -0.620. The molecule has 4 N–H and O–H groups in total. The molecule has 238 valence electrons. The monoisotopic (exact) mass is 691 g/mol. The van der Waals surface area contributed by atoms with Gasteiger partial charge in [-0.2, -0.15) is 13.1 Å². The first-order valence-electron chi connectivity index (χ1n) is 13.3. The van der Waals surface area contributed by atoms with Gasteiger partial charge in [0, 0.05) is 30.0 Å². The predicted octanol–water partition coefficient (Wildman–Crippen LogP) is 5.19. The minimum absolute atomic E-state index is 0. The van der Waals surface area contributed by atoms with Crippen molar-refractivity contribution < 1.29 is 46.7 Å². The topological polar surface area (TPSA) is 152 Å². The largest absolute Gasteiger partial charge is 0.870 e. The van der Waals surface area contributed by atoms with E-state index in [1.807, 2.05) is 0 Å². The van der Waals surface area contributed by atoms with Crippen molar-refractivity contribution in [1.82, 2.24) is 4.31 Å². The van der Waals surface area contributed by atoms with Crippen LogP contribution in [0, 0.1) is 5.92 Å². The van der Waals surface area contributed by atoms with Crippen molar-refractivity contribution in [3.63, 3.8) is 0 Å². The van der Waals surface area contributed by atoms with Crippen molar-refractivity contribution >= 4 is 56.6 Å². The third-order valence-corrected chi connectivity index (χ3v) is 10.8. The minimum Gasteiger partial charge on any atom is -0.870 e. The number of halogens is 4. The van der Waals surface area contributed by atoms with Gasteiger partial charge < -0.3 is 25.4 Å². The summed E-state index contributed by atoms with van der Waals surface area (Å²) in [6.07, 6.45) is 3.93. The maximum atomic E-state index is 13.7. The number of thioether (sulfide) groups is 1. The van der Waals surface area contributed by atoms with Gasteiger partial charge in [-0.15, -0.1) is 11.8 Å². The molecule has 5 rings (SSSR count). The summed E-state index contributed by atoms with van der Waals surface area (Å²) in [5.74, 6) is -0.226. The molecule has 10 nitrogen and oxygen atoms in total. The number of sulfonamides is 1. The lowest BCUT2D eigenvalue weighted by Crippen LogP contribution is -2.40. The number of alkyl halides is 2. The van der Waals surface area contributed by atoms with Gasteiger partial charge in [0.15, 0.2) is 29.3 Å². The Morgan fingerprint density at radius 2 is 1.77 bits per heavy atom. The van der Waals surface area contributed by atoms with E-state index in [0.29, 0.717) is 35.1 Å². The molecule has 0 bridgehead atoms. The molecule has 1 aromatic heterocycles. The zero-order chi connectivity index (χ0) is 30.7. The third kappa shape index (κ3) is 8.03. The maximum Gasteiger partial charge on any atom is 0.387 e. The zero-order valence-corrected chi connectivity index (χ0v) is 26.1. The van der Waals surface area contributed by atoms with Crippen LogP contribution < -0.4 is 20.2 Å². The number of aromatic amines is 1. The summed E-state index contributed by atoms with van der Waals surface area (Å²) in [6.45, 7) is -2.67. The zero-order valence-electron chi connectivity index (χ0n) is 23.0. The van der Waals surface area contributed by atoms with E-state index in [2.05, 4.69) is 9.72 Å². The molecular weight excluding hydrogens is 663 g/mol. The molecule has 2 aromatic carbocycles. The molecular formula is C28H29Cl2F2N3O7S2. The van der Waals surface area contributed by atoms with Gasteiger partial charge in [0.25, 0.3) is 0 Å². The number of rotatable bonds is 12.